The molecule has 1 saturated carbocycles. The van der Waals surface area contributed by atoms with Crippen LogP contribution in [0.2, 0.25) is 4.47 Å². The van der Waals surface area contributed by atoms with Gasteiger partial charge in [0.05, 0.1) is 24.9 Å². The maximum Gasteiger partial charge on any atom is 0.221 e. The number of halogens is 1. The maximum atomic E-state index is 11.2. The molecule has 1 aliphatic heterocycles. The van der Waals surface area contributed by atoms with E-state index in [9.17, 15) is 10.1 Å². The quantitative estimate of drug-likeness (QED) is 0.614. The van der Waals surface area contributed by atoms with Gasteiger partial charge in [0.2, 0.25) is 6.04 Å². The minimum Gasteiger partial charge on any atom is -0.280 e. The molecule has 0 radical (unpaired) electrons. The molecule has 3 rings (SSSR count). The number of nitrogens with zero attached hydrogens (tertiary/aromatic N) is 5. The standard InChI is InChI=1S/C13H20ClN5O2S/c1-9-11(19(20)21)4-13(9)17(3)7-16(2)8-18(13)6-10-5-15-12(14)22-10/h5,9,11H,4,6-8H2,1-3H3. The number of hydrogen-bond acceptors (Lipinski definition) is 7. The van der Waals surface area contributed by atoms with Crippen molar-refractivity contribution >= 4 is 22.9 Å². The molecule has 0 N–H and O–H groups in total. The van der Waals surface area contributed by atoms with Gasteiger partial charge in [-0.2, -0.15) is 0 Å². The van der Waals surface area contributed by atoms with Gasteiger partial charge in [0, 0.05) is 29.0 Å². The lowest BCUT2D eigenvalue weighted by molar-refractivity contribution is -0.566. The lowest BCUT2D eigenvalue weighted by Gasteiger charge is -2.63. The molecule has 3 atom stereocenters. The van der Waals surface area contributed by atoms with Gasteiger partial charge in [0.15, 0.2) is 4.47 Å². The van der Waals surface area contributed by atoms with Crippen LogP contribution < -0.4 is 0 Å². The first-order valence-electron chi connectivity index (χ1n) is 7.23. The van der Waals surface area contributed by atoms with Crippen molar-refractivity contribution in [2.75, 3.05) is 27.4 Å². The molecular weight excluding hydrogens is 326 g/mol. The molecule has 2 fully saturated rings. The van der Waals surface area contributed by atoms with Gasteiger partial charge in [-0.3, -0.25) is 24.8 Å². The zero-order chi connectivity index (χ0) is 16.1. The van der Waals surface area contributed by atoms with Crippen LogP contribution in [-0.2, 0) is 6.54 Å². The summed E-state index contributed by atoms with van der Waals surface area (Å²) in [4.78, 5) is 23.0. The van der Waals surface area contributed by atoms with Crippen LogP contribution in [0.5, 0.6) is 0 Å². The molecule has 0 amide bonds. The van der Waals surface area contributed by atoms with Crippen molar-refractivity contribution in [3.05, 3.63) is 25.7 Å². The highest BCUT2D eigenvalue weighted by Gasteiger charge is 2.64. The number of thiazole rings is 1. The molecule has 1 aromatic heterocycles. The van der Waals surface area contributed by atoms with E-state index in [1.54, 1.807) is 6.20 Å². The Kier molecular flexibility index (Phi) is 4.15. The van der Waals surface area contributed by atoms with Crippen molar-refractivity contribution in [2.45, 2.75) is 31.6 Å². The van der Waals surface area contributed by atoms with Gasteiger partial charge in [-0.15, -0.1) is 11.3 Å². The van der Waals surface area contributed by atoms with Crippen LogP contribution in [-0.4, -0.2) is 63.7 Å². The fourth-order valence-corrected chi connectivity index (χ4v) is 4.91. The van der Waals surface area contributed by atoms with Gasteiger partial charge in [-0.05, 0) is 14.1 Å². The minimum absolute atomic E-state index is 0.00964. The summed E-state index contributed by atoms with van der Waals surface area (Å²) in [6, 6.07) is -0.460. The summed E-state index contributed by atoms with van der Waals surface area (Å²) >= 11 is 7.40. The maximum absolute atomic E-state index is 11.2. The smallest absolute Gasteiger partial charge is 0.221 e. The van der Waals surface area contributed by atoms with Crippen molar-refractivity contribution in [3.63, 3.8) is 0 Å². The fourth-order valence-electron chi connectivity index (χ4n) is 3.91. The molecule has 1 saturated heterocycles. The van der Waals surface area contributed by atoms with Crippen LogP contribution in [0.1, 0.15) is 18.2 Å². The van der Waals surface area contributed by atoms with Crippen LogP contribution in [0.4, 0.5) is 0 Å². The van der Waals surface area contributed by atoms with E-state index in [0.29, 0.717) is 17.4 Å². The Balaban J connectivity index is 1.86. The first-order chi connectivity index (χ1) is 10.3. The molecule has 1 aliphatic carbocycles. The van der Waals surface area contributed by atoms with E-state index in [1.807, 2.05) is 6.92 Å². The van der Waals surface area contributed by atoms with Gasteiger partial charge >= 0.3 is 0 Å². The van der Waals surface area contributed by atoms with Crippen molar-refractivity contribution in [2.24, 2.45) is 5.92 Å². The van der Waals surface area contributed by atoms with Gasteiger partial charge in [-0.25, -0.2) is 4.98 Å². The average Bonchev–Trinajstić information content (AvgIpc) is 2.81. The van der Waals surface area contributed by atoms with Gasteiger partial charge in [-0.1, -0.05) is 18.5 Å². The SMILES string of the molecule is CC1C([N+](=O)[O-])CC12N(C)CN(C)CN2Cc1cnc(Cl)s1. The van der Waals surface area contributed by atoms with Crippen LogP contribution in [0.3, 0.4) is 0 Å². The molecule has 0 bridgehead atoms. The van der Waals surface area contributed by atoms with E-state index in [-0.39, 0.29) is 16.5 Å². The molecule has 2 aliphatic rings. The van der Waals surface area contributed by atoms with E-state index in [0.717, 1.165) is 18.2 Å². The number of hydrogen-bond donors (Lipinski definition) is 0. The van der Waals surface area contributed by atoms with Gasteiger partial charge < -0.3 is 0 Å². The monoisotopic (exact) mass is 345 g/mol. The molecule has 3 unspecified atom stereocenters. The molecule has 2 heterocycles. The molecule has 7 nitrogen and oxygen atoms in total. The van der Waals surface area contributed by atoms with E-state index in [1.165, 1.54) is 11.3 Å². The van der Waals surface area contributed by atoms with Crippen molar-refractivity contribution in [1.82, 2.24) is 19.7 Å². The number of rotatable bonds is 3. The van der Waals surface area contributed by atoms with E-state index < -0.39 is 6.04 Å². The Bertz CT molecular complexity index is 585. The summed E-state index contributed by atoms with van der Waals surface area (Å²) in [6.07, 6.45) is 2.36. The van der Waals surface area contributed by atoms with Gasteiger partial charge in [0.1, 0.15) is 0 Å². The average molecular weight is 346 g/mol. The second-order valence-electron chi connectivity index (χ2n) is 6.34. The predicted molar refractivity (Wildman–Crippen MR) is 85.2 cm³/mol. The summed E-state index contributed by atoms with van der Waals surface area (Å²) < 4.78 is 0.535. The molecule has 1 aromatic rings. The Hall–Kier alpha value is -0.800. The first kappa shape index (κ1) is 16.1. The zero-order valence-electron chi connectivity index (χ0n) is 12.9. The Morgan fingerprint density at radius 2 is 2.27 bits per heavy atom. The van der Waals surface area contributed by atoms with E-state index >= 15 is 0 Å². The highest BCUT2D eigenvalue weighted by Crippen LogP contribution is 2.48. The molecule has 0 aromatic carbocycles. The second kappa shape index (κ2) is 5.68. The summed E-state index contributed by atoms with van der Waals surface area (Å²) in [5.74, 6) is -0.00964. The van der Waals surface area contributed by atoms with E-state index in [4.69, 9.17) is 11.6 Å². The third-order valence-corrected chi connectivity index (χ3v) is 6.13. The molecular formula is C13H20ClN5O2S. The highest BCUT2D eigenvalue weighted by atomic mass is 35.5. The van der Waals surface area contributed by atoms with E-state index in [2.05, 4.69) is 33.8 Å². The lowest BCUT2D eigenvalue weighted by atomic mass is 9.67. The van der Waals surface area contributed by atoms with Gasteiger partial charge in [0.25, 0.3) is 0 Å². The highest BCUT2D eigenvalue weighted by molar-refractivity contribution is 7.15. The molecule has 9 heteroatoms. The third-order valence-electron chi connectivity index (χ3n) is 5.03. The Morgan fingerprint density at radius 1 is 1.55 bits per heavy atom. The lowest BCUT2D eigenvalue weighted by Crippen LogP contribution is -2.78. The topological polar surface area (TPSA) is 65.8 Å². The van der Waals surface area contributed by atoms with Crippen molar-refractivity contribution < 1.29 is 4.92 Å². The summed E-state index contributed by atoms with van der Waals surface area (Å²) in [5.41, 5.74) is -0.249. The summed E-state index contributed by atoms with van der Waals surface area (Å²) in [6.45, 7) is 4.31. The summed E-state index contributed by atoms with van der Waals surface area (Å²) in [7, 11) is 4.11. The number of aromatic nitrogens is 1. The predicted octanol–water partition coefficient (Wildman–Crippen LogP) is 1.77. The Labute approximate surface area is 138 Å². The zero-order valence-corrected chi connectivity index (χ0v) is 14.5. The van der Waals surface area contributed by atoms with Crippen molar-refractivity contribution in [1.29, 1.82) is 0 Å². The first-order valence-corrected chi connectivity index (χ1v) is 8.42. The van der Waals surface area contributed by atoms with Crippen molar-refractivity contribution in [3.8, 4) is 0 Å². The Morgan fingerprint density at radius 3 is 2.82 bits per heavy atom. The summed E-state index contributed by atoms with van der Waals surface area (Å²) in [5, 5.41) is 11.2. The van der Waals surface area contributed by atoms with Crippen LogP contribution in [0, 0.1) is 16.0 Å². The molecule has 22 heavy (non-hydrogen) atoms. The number of nitro groups is 1. The van der Waals surface area contributed by atoms with Crippen LogP contribution >= 0.6 is 22.9 Å². The fraction of sp³-hybridized carbons (Fsp3) is 0.769. The molecule has 122 valence electrons. The minimum atomic E-state index is -0.460. The largest absolute Gasteiger partial charge is 0.280 e. The third kappa shape index (κ3) is 2.43. The molecule has 1 spiro atoms. The van der Waals surface area contributed by atoms with Crippen LogP contribution in [0.15, 0.2) is 6.20 Å². The second-order valence-corrected chi connectivity index (χ2v) is 8.04. The van der Waals surface area contributed by atoms with Crippen LogP contribution in [0.25, 0.3) is 0 Å². The normalized spacial score (nSPS) is 34.0.